The van der Waals surface area contributed by atoms with Crippen LogP contribution < -0.4 is 4.74 Å². The van der Waals surface area contributed by atoms with E-state index in [-0.39, 0.29) is 5.91 Å². The first-order valence-corrected chi connectivity index (χ1v) is 6.92. The average molecular weight is 300 g/mol. The van der Waals surface area contributed by atoms with Crippen LogP contribution in [-0.4, -0.2) is 40.6 Å². The highest BCUT2D eigenvalue weighted by atomic mass is 16.5. The van der Waals surface area contributed by atoms with Crippen LogP contribution in [0, 0.1) is 6.92 Å². The largest absolute Gasteiger partial charge is 0.481 e. The van der Waals surface area contributed by atoms with Crippen molar-refractivity contribution in [3.8, 4) is 5.88 Å². The molecule has 6 heteroatoms. The van der Waals surface area contributed by atoms with E-state index in [2.05, 4.69) is 10.2 Å². The molecule has 0 N–H and O–H groups in total. The Labute approximate surface area is 130 Å². The highest BCUT2D eigenvalue weighted by Gasteiger charge is 2.23. The SMILES string of the molecule is COc1c(/C=C/C=C/C=C2/C(=O)N(C)N=C2C)c(C)nn1C. The van der Waals surface area contributed by atoms with E-state index in [1.807, 2.05) is 45.2 Å². The van der Waals surface area contributed by atoms with Gasteiger partial charge in [-0.25, -0.2) is 9.69 Å². The number of ether oxygens (including phenoxy) is 1. The molecule has 0 aromatic carbocycles. The van der Waals surface area contributed by atoms with Gasteiger partial charge in [0.2, 0.25) is 5.88 Å². The zero-order valence-corrected chi connectivity index (χ0v) is 13.5. The highest BCUT2D eigenvalue weighted by Crippen LogP contribution is 2.22. The number of carbonyl (C=O) groups is 1. The van der Waals surface area contributed by atoms with E-state index in [0.29, 0.717) is 5.57 Å². The summed E-state index contributed by atoms with van der Waals surface area (Å²) in [4.78, 5) is 11.8. The zero-order chi connectivity index (χ0) is 16.3. The number of methoxy groups -OCH3 is 1. The molecule has 0 aliphatic carbocycles. The molecule has 22 heavy (non-hydrogen) atoms. The third kappa shape index (κ3) is 3.00. The highest BCUT2D eigenvalue weighted by molar-refractivity contribution is 6.23. The summed E-state index contributed by atoms with van der Waals surface area (Å²) < 4.78 is 7.02. The Morgan fingerprint density at radius 3 is 2.45 bits per heavy atom. The Hall–Kier alpha value is -2.63. The van der Waals surface area contributed by atoms with Crippen molar-refractivity contribution in [2.24, 2.45) is 12.1 Å². The van der Waals surface area contributed by atoms with Crippen LogP contribution in [0.4, 0.5) is 0 Å². The fourth-order valence-corrected chi connectivity index (χ4v) is 2.30. The molecule has 1 amide bonds. The molecular weight excluding hydrogens is 280 g/mol. The first-order valence-electron chi connectivity index (χ1n) is 6.92. The molecule has 1 aliphatic heterocycles. The second-order valence-corrected chi connectivity index (χ2v) is 4.97. The Balaban J connectivity index is 2.11. The van der Waals surface area contributed by atoms with Gasteiger partial charge in [-0.05, 0) is 26.0 Å². The minimum absolute atomic E-state index is 0.0871. The predicted molar refractivity (Wildman–Crippen MR) is 86.6 cm³/mol. The first-order chi connectivity index (χ1) is 10.5. The molecule has 0 atom stereocenters. The van der Waals surface area contributed by atoms with Gasteiger partial charge in [-0.15, -0.1) is 0 Å². The number of carbonyl (C=O) groups excluding carboxylic acids is 1. The lowest BCUT2D eigenvalue weighted by Crippen LogP contribution is -2.16. The summed E-state index contributed by atoms with van der Waals surface area (Å²) in [6.07, 6.45) is 9.26. The quantitative estimate of drug-likeness (QED) is 0.632. The van der Waals surface area contributed by atoms with Crippen LogP contribution in [-0.2, 0) is 11.8 Å². The number of rotatable bonds is 4. The van der Waals surface area contributed by atoms with Crippen molar-refractivity contribution in [3.63, 3.8) is 0 Å². The van der Waals surface area contributed by atoms with Crippen molar-refractivity contribution in [3.05, 3.63) is 41.1 Å². The van der Waals surface area contributed by atoms with Crippen LogP contribution in [0.2, 0.25) is 0 Å². The number of hydrogen-bond acceptors (Lipinski definition) is 4. The van der Waals surface area contributed by atoms with Gasteiger partial charge < -0.3 is 4.74 Å². The topological polar surface area (TPSA) is 59.7 Å². The van der Waals surface area contributed by atoms with E-state index in [1.165, 1.54) is 5.01 Å². The maximum absolute atomic E-state index is 11.8. The first kappa shape index (κ1) is 15.8. The van der Waals surface area contributed by atoms with E-state index >= 15 is 0 Å². The third-order valence-corrected chi connectivity index (χ3v) is 3.37. The van der Waals surface area contributed by atoms with E-state index in [1.54, 1.807) is 24.9 Å². The van der Waals surface area contributed by atoms with Gasteiger partial charge in [0.25, 0.3) is 5.91 Å². The zero-order valence-electron chi connectivity index (χ0n) is 13.5. The molecular formula is C16H20N4O2. The van der Waals surface area contributed by atoms with E-state index in [0.717, 1.165) is 22.8 Å². The van der Waals surface area contributed by atoms with E-state index in [9.17, 15) is 4.79 Å². The van der Waals surface area contributed by atoms with Crippen LogP contribution in [0.15, 0.2) is 35.0 Å². The molecule has 0 fully saturated rings. The summed E-state index contributed by atoms with van der Waals surface area (Å²) in [5.41, 5.74) is 3.18. The number of allylic oxidation sites excluding steroid dienone is 4. The molecule has 0 saturated heterocycles. The summed E-state index contributed by atoms with van der Waals surface area (Å²) >= 11 is 0. The second kappa shape index (κ2) is 6.43. The Kier molecular flexibility index (Phi) is 4.60. The van der Waals surface area contributed by atoms with E-state index in [4.69, 9.17) is 4.74 Å². The van der Waals surface area contributed by atoms with Gasteiger partial charge in [0.05, 0.1) is 29.7 Å². The van der Waals surface area contributed by atoms with Crippen molar-refractivity contribution in [2.45, 2.75) is 13.8 Å². The maximum atomic E-state index is 11.8. The predicted octanol–water partition coefficient (Wildman–Crippen LogP) is 2.08. The monoisotopic (exact) mass is 300 g/mol. The van der Waals surface area contributed by atoms with Crippen molar-refractivity contribution >= 4 is 17.7 Å². The number of hydrogen-bond donors (Lipinski definition) is 0. The molecule has 116 valence electrons. The third-order valence-electron chi connectivity index (χ3n) is 3.37. The van der Waals surface area contributed by atoms with Gasteiger partial charge >= 0.3 is 0 Å². The van der Waals surface area contributed by atoms with Gasteiger partial charge in [0.15, 0.2) is 0 Å². The molecule has 0 radical (unpaired) electrons. The van der Waals surface area contributed by atoms with Gasteiger partial charge in [-0.2, -0.15) is 10.2 Å². The van der Waals surface area contributed by atoms with Crippen molar-refractivity contribution in [1.82, 2.24) is 14.8 Å². The molecule has 2 rings (SSSR count). The Morgan fingerprint density at radius 2 is 1.86 bits per heavy atom. The Bertz CT molecular complexity index is 708. The molecule has 0 bridgehead atoms. The lowest BCUT2D eigenvalue weighted by atomic mass is 10.1. The van der Waals surface area contributed by atoms with E-state index < -0.39 is 0 Å². The minimum atomic E-state index is -0.0871. The number of amides is 1. The van der Waals surface area contributed by atoms with Gasteiger partial charge in [0.1, 0.15) is 0 Å². The molecule has 1 aromatic rings. The molecule has 1 aliphatic rings. The summed E-state index contributed by atoms with van der Waals surface area (Å²) in [5, 5.41) is 9.74. The second-order valence-electron chi connectivity index (χ2n) is 4.97. The van der Waals surface area contributed by atoms with Crippen LogP contribution in [0.3, 0.4) is 0 Å². The fraction of sp³-hybridized carbons (Fsp3) is 0.312. The lowest BCUT2D eigenvalue weighted by molar-refractivity contribution is -0.124. The number of likely N-dealkylation sites (N-methyl/N-ethyl adjacent to an activating group) is 1. The average Bonchev–Trinajstić information content (AvgIpc) is 2.87. The molecule has 2 heterocycles. The molecule has 0 saturated carbocycles. The molecule has 0 spiro atoms. The van der Waals surface area contributed by atoms with Gasteiger partial charge in [0, 0.05) is 14.1 Å². The number of aryl methyl sites for hydroxylation is 2. The van der Waals surface area contributed by atoms with Crippen molar-refractivity contribution in [2.75, 3.05) is 14.2 Å². The number of hydrazone groups is 1. The lowest BCUT2D eigenvalue weighted by Gasteiger charge is -2.00. The fourth-order valence-electron chi connectivity index (χ4n) is 2.30. The van der Waals surface area contributed by atoms with Crippen molar-refractivity contribution < 1.29 is 9.53 Å². The van der Waals surface area contributed by atoms with Gasteiger partial charge in [-0.1, -0.05) is 18.2 Å². The molecule has 1 aromatic heterocycles. The van der Waals surface area contributed by atoms with Crippen molar-refractivity contribution in [1.29, 1.82) is 0 Å². The van der Waals surface area contributed by atoms with Crippen LogP contribution in [0.25, 0.3) is 6.08 Å². The number of aromatic nitrogens is 2. The Morgan fingerprint density at radius 1 is 1.14 bits per heavy atom. The van der Waals surface area contributed by atoms with Crippen LogP contribution >= 0.6 is 0 Å². The van der Waals surface area contributed by atoms with Crippen LogP contribution in [0.1, 0.15) is 18.2 Å². The summed E-state index contributed by atoms with van der Waals surface area (Å²) in [6.45, 7) is 3.75. The smallest absolute Gasteiger partial charge is 0.275 e. The summed E-state index contributed by atoms with van der Waals surface area (Å²) in [6, 6.07) is 0. The molecule has 6 nitrogen and oxygen atoms in total. The number of nitrogens with zero attached hydrogens (tertiary/aromatic N) is 4. The molecule has 0 unspecified atom stereocenters. The normalized spacial score (nSPS) is 17.3. The van der Waals surface area contributed by atoms with Crippen LogP contribution in [0.5, 0.6) is 5.88 Å². The standard InChI is InChI=1S/C16H20N4O2/c1-11-13(15(21)19(3)17-11)9-7-6-8-10-14-12(2)18-20(4)16(14)22-5/h6-10H,1-5H3/b7-6+,10-8+,13-9+. The minimum Gasteiger partial charge on any atom is -0.481 e. The maximum Gasteiger partial charge on any atom is 0.275 e. The summed E-state index contributed by atoms with van der Waals surface area (Å²) in [5.74, 6) is 0.631. The van der Waals surface area contributed by atoms with Gasteiger partial charge in [-0.3, -0.25) is 4.79 Å². The summed E-state index contributed by atoms with van der Waals surface area (Å²) in [7, 11) is 5.11.